The molecule has 0 unspecified atom stereocenters. The van der Waals surface area contributed by atoms with Gasteiger partial charge >= 0.3 is 5.97 Å². The highest BCUT2D eigenvalue weighted by Crippen LogP contribution is 2.20. The molecular weight excluding hydrogens is 418 g/mol. The number of benzene rings is 1. The highest BCUT2D eigenvalue weighted by molar-refractivity contribution is 6.07. The zero-order valence-corrected chi connectivity index (χ0v) is 18.5. The fraction of sp³-hybridized carbons (Fsp3) is 0.280. The Labute approximate surface area is 193 Å². The lowest BCUT2D eigenvalue weighted by atomic mass is 10.0. The first-order valence-electron chi connectivity index (χ1n) is 11.0. The van der Waals surface area contributed by atoms with Crippen molar-refractivity contribution in [3.8, 4) is 0 Å². The summed E-state index contributed by atoms with van der Waals surface area (Å²) in [4.78, 5) is 35.4. The first-order chi connectivity index (χ1) is 16.1. The van der Waals surface area contributed by atoms with Crippen molar-refractivity contribution in [2.75, 3.05) is 30.8 Å². The van der Waals surface area contributed by atoms with Crippen molar-refractivity contribution in [2.24, 2.45) is 0 Å². The van der Waals surface area contributed by atoms with Gasteiger partial charge < -0.3 is 15.4 Å². The topological polar surface area (TPSA) is 96.4 Å². The highest BCUT2D eigenvalue weighted by Gasteiger charge is 2.22. The van der Waals surface area contributed by atoms with Crippen LogP contribution in [-0.2, 0) is 11.3 Å². The predicted molar refractivity (Wildman–Crippen MR) is 126 cm³/mol. The van der Waals surface area contributed by atoms with Crippen molar-refractivity contribution in [3.05, 3.63) is 83.7 Å². The van der Waals surface area contributed by atoms with Crippen LogP contribution < -0.4 is 10.6 Å². The molecule has 3 heterocycles. The average Bonchev–Trinajstić information content (AvgIpc) is 2.86. The highest BCUT2D eigenvalue weighted by atomic mass is 16.5. The van der Waals surface area contributed by atoms with Crippen LogP contribution in [0.3, 0.4) is 0 Å². The van der Waals surface area contributed by atoms with Crippen molar-refractivity contribution in [1.29, 1.82) is 0 Å². The Morgan fingerprint density at radius 2 is 1.82 bits per heavy atom. The van der Waals surface area contributed by atoms with Gasteiger partial charge in [0, 0.05) is 38.1 Å². The molecule has 0 aliphatic carbocycles. The van der Waals surface area contributed by atoms with Gasteiger partial charge in [0.15, 0.2) is 0 Å². The van der Waals surface area contributed by atoms with Gasteiger partial charge in [-0.3, -0.25) is 9.69 Å². The van der Waals surface area contributed by atoms with Crippen LogP contribution in [0.2, 0.25) is 0 Å². The van der Waals surface area contributed by atoms with E-state index in [0.717, 1.165) is 32.5 Å². The number of carbonyl (C=O) groups excluding carboxylic acids is 2. The second kappa shape index (κ2) is 10.7. The van der Waals surface area contributed by atoms with Crippen LogP contribution >= 0.6 is 0 Å². The van der Waals surface area contributed by atoms with E-state index in [1.165, 1.54) is 18.9 Å². The van der Waals surface area contributed by atoms with E-state index in [-0.39, 0.29) is 11.9 Å². The number of rotatable bonds is 7. The normalized spacial score (nSPS) is 14.5. The Bertz CT molecular complexity index is 1080. The molecule has 8 nitrogen and oxygen atoms in total. The van der Waals surface area contributed by atoms with E-state index in [4.69, 9.17) is 0 Å². The van der Waals surface area contributed by atoms with Gasteiger partial charge in [-0.2, -0.15) is 0 Å². The molecule has 1 aliphatic heterocycles. The summed E-state index contributed by atoms with van der Waals surface area (Å²) in [6.45, 7) is 2.92. The molecule has 33 heavy (non-hydrogen) atoms. The lowest BCUT2D eigenvalue weighted by molar-refractivity contribution is 0.0600. The molecule has 4 rings (SSSR count). The molecule has 1 amide bonds. The number of piperidine rings is 1. The fourth-order valence-electron chi connectivity index (χ4n) is 3.86. The molecule has 170 valence electrons. The van der Waals surface area contributed by atoms with Crippen LogP contribution in [0.4, 0.5) is 11.6 Å². The molecule has 1 aromatic carbocycles. The number of ether oxygens (including phenoxy) is 1. The number of likely N-dealkylation sites (tertiary alicyclic amines) is 1. The van der Waals surface area contributed by atoms with E-state index in [1.54, 1.807) is 30.5 Å². The Balaban J connectivity index is 1.34. The number of hydrogen-bond donors (Lipinski definition) is 2. The van der Waals surface area contributed by atoms with Crippen LogP contribution in [0.1, 0.15) is 39.1 Å². The second-order valence-electron chi connectivity index (χ2n) is 7.96. The third-order valence-corrected chi connectivity index (χ3v) is 5.66. The Hall–Kier alpha value is -3.78. The van der Waals surface area contributed by atoms with E-state index in [2.05, 4.69) is 54.5 Å². The van der Waals surface area contributed by atoms with Gasteiger partial charge in [-0.25, -0.2) is 14.8 Å². The zero-order valence-electron chi connectivity index (χ0n) is 18.5. The minimum atomic E-state index is -0.478. The number of pyridine rings is 2. The minimum Gasteiger partial charge on any atom is -0.465 e. The maximum absolute atomic E-state index is 12.9. The van der Waals surface area contributed by atoms with Gasteiger partial charge in [0.25, 0.3) is 5.91 Å². The number of nitrogens with zero attached hydrogens (tertiary/aromatic N) is 3. The average molecular weight is 446 g/mol. The van der Waals surface area contributed by atoms with Crippen molar-refractivity contribution < 1.29 is 14.3 Å². The summed E-state index contributed by atoms with van der Waals surface area (Å²) in [6.07, 6.45) is 4.99. The number of amides is 1. The summed E-state index contributed by atoms with van der Waals surface area (Å²) in [5, 5.41) is 6.22. The lowest BCUT2D eigenvalue weighted by Gasteiger charge is -2.32. The van der Waals surface area contributed by atoms with Gasteiger partial charge in [-0.05, 0) is 42.7 Å². The number of methoxy groups -OCH3 is 1. The molecule has 0 atom stereocenters. The minimum absolute atomic E-state index is 0.246. The third-order valence-electron chi connectivity index (χ3n) is 5.66. The van der Waals surface area contributed by atoms with E-state index < -0.39 is 5.97 Å². The predicted octanol–water partition coefficient (Wildman–Crippen LogP) is 3.59. The Kier molecular flexibility index (Phi) is 7.26. The summed E-state index contributed by atoms with van der Waals surface area (Å²) < 4.78 is 4.66. The number of hydrogen-bond acceptors (Lipinski definition) is 7. The van der Waals surface area contributed by atoms with E-state index >= 15 is 0 Å². The Morgan fingerprint density at radius 1 is 1.03 bits per heavy atom. The molecule has 0 spiro atoms. The van der Waals surface area contributed by atoms with Crippen molar-refractivity contribution in [3.63, 3.8) is 0 Å². The van der Waals surface area contributed by atoms with E-state index in [0.29, 0.717) is 22.8 Å². The summed E-state index contributed by atoms with van der Waals surface area (Å²) in [7, 11) is 1.31. The van der Waals surface area contributed by atoms with Crippen LogP contribution in [0.5, 0.6) is 0 Å². The number of carbonyl (C=O) groups is 2. The molecule has 0 saturated carbocycles. The smallest absolute Gasteiger partial charge is 0.339 e. The van der Waals surface area contributed by atoms with Crippen LogP contribution in [0.25, 0.3) is 0 Å². The van der Waals surface area contributed by atoms with Gasteiger partial charge in [0.05, 0.1) is 18.2 Å². The van der Waals surface area contributed by atoms with E-state index in [1.807, 2.05) is 6.07 Å². The van der Waals surface area contributed by atoms with Gasteiger partial charge in [-0.15, -0.1) is 0 Å². The van der Waals surface area contributed by atoms with Crippen molar-refractivity contribution in [2.45, 2.75) is 25.4 Å². The molecule has 1 aliphatic rings. The molecule has 0 bridgehead atoms. The Morgan fingerprint density at radius 3 is 2.52 bits per heavy atom. The zero-order chi connectivity index (χ0) is 23.0. The molecule has 2 N–H and O–H groups in total. The summed E-state index contributed by atoms with van der Waals surface area (Å²) in [6, 6.07) is 17.3. The molecule has 0 radical (unpaired) electrons. The summed E-state index contributed by atoms with van der Waals surface area (Å²) >= 11 is 0. The summed E-state index contributed by atoms with van der Waals surface area (Å²) in [5.41, 5.74) is 2.08. The van der Waals surface area contributed by atoms with Gasteiger partial charge in [0.1, 0.15) is 11.6 Å². The SMILES string of the molecule is COC(=O)c1ccc(NC(=O)c2cccnc2NC2CCN(Cc3ccccc3)CC2)nc1. The monoisotopic (exact) mass is 445 g/mol. The number of aromatic nitrogens is 2. The first-order valence-corrected chi connectivity index (χ1v) is 11.0. The molecule has 8 heteroatoms. The van der Waals surface area contributed by atoms with Crippen LogP contribution in [0.15, 0.2) is 67.0 Å². The first kappa shape index (κ1) is 22.4. The van der Waals surface area contributed by atoms with Crippen LogP contribution in [-0.4, -0.2) is 53.0 Å². The standard InChI is InChI=1S/C25H27N5O3/c1-33-25(32)19-9-10-22(27-16-19)29-24(31)21-8-5-13-26-23(21)28-20-11-14-30(15-12-20)17-18-6-3-2-4-7-18/h2-10,13,16,20H,11-12,14-15,17H2,1H3,(H,26,28)(H,27,29,31). The third kappa shape index (κ3) is 5.93. The number of nitrogens with one attached hydrogen (secondary N) is 2. The molecule has 2 aromatic heterocycles. The van der Waals surface area contributed by atoms with Gasteiger partial charge in [0.2, 0.25) is 0 Å². The summed E-state index contributed by atoms with van der Waals surface area (Å²) in [5.74, 6) is 0.110. The molecular formula is C25H27N5O3. The quantitative estimate of drug-likeness (QED) is 0.537. The van der Waals surface area contributed by atoms with Crippen molar-refractivity contribution in [1.82, 2.24) is 14.9 Å². The van der Waals surface area contributed by atoms with Crippen LogP contribution in [0, 0.1) is 0 Å². The molecule has 1 saturated heterocycles. The maximum atomic E-state index is 12.9. The largest absolute Gasteiger partial charge is 0.465 e. The number of anilines is 2. The fourth-order valence-corrected chi connectivity index (χ4v) is 3.86. The van der Waals surface area contributed by atoms with E-state index in [9.17, 15) is 9.59 Å². The maximum Gasteiger partial charge on any atom is 0.339 e. The van der Waals surface area contributed by atoms with Crippen molar-refractivity contribution >= 4 is 23.5 Å². The molecule has 1 fully saturated rings. The second-order valence-corrected chi connectivity index (χ2v) is 7.96. The molecule has 3 aromatic rings. The van der Waals surface area contributed by atoms with Gasteiger partial charge in [-0.1, -0.05) is 30.3 Å². The number of esters is 1. The lowest BCUT2D eigenvalue weighted by Crippen LogP contribution is -2.39.